The first-order valence-corrected chi connectivity index (χ1v) is 11.0. The summed E-state index contributed by atoms with van der Waals surface area (Å²) in [5.41, 5.74) is 3.57. The molecule has 33 heavy (non-hydrogen) atoms. The molecule has 1 amide bonds. The fraction of sp³-hybridized carbons (Fsp3) is 0.240. The Hall–Kier alpha value is -4.07. The fourth-order valence-corrected chi connectivity index (χ4v) is 4.09. The lowest BCUT2D eigenvalue weighted by Gasteiger charge is -2.17. The number of aromatic nitrogens is 5. The van der Waals surface area contributed by atoms with Gasteiger partial charge in [-0.1, -0.05) is 18.2 Å². The van der Waals surface area contributed by atoms with E-state index in [1.807, 2.05) is 73.6 Å². The number of hydrogen-bond acceptors (Lipinski definition) is 6. The maximum Gasteiger partial charge on any atom is 0.253 e. The van der Waals surface area contributed by atoms with Crippen molar-refractivity contribution in [1.29, 1.82) is 0 Å². The molecule has 1 aliphatic heterocycles. The number of amides is 1. The van der Waals surface area contributed by atoms with Crippen LogP contribution >= 0.6 is 0 Å². The number of nitrogens with zero attached hydrogens (tertiary/aromatic N) is 6. The second-order valence-corrected chi connectivity index (χ2v) is 8.35. The maximum absolute atomic E-state index is 12.9. The monoisotopic (exact) mass is 439 g/mol. The Morgan fingerprint density at radius 1 is 1.09 bits per heavy atom. The SMILES string of the molecule is Cc1ccnc(Nc2cc(C3CCN(C(=O)c4ccccc4)C3)nc(-c3cnn(C)c3)n2)c1. The predicted octanol–water partition coefficient (Wildman–Crippen LogP) is 3.95. The molecule has 4 heterocycles. The zero-order chi connectivity index (χ0) is 22.8. The topological polar surface area (TPSA) is 88.8 Å². The minimum Gasteiger partial charge on any atom is -0.338 e. The summed E-state index contributed by atoms with van der Waals surface area (Å²) in [6.45, 7) is 3.35. The van der Waals surface area contributed by atoms with Crippen LogP contribution in [-0.4, -0.2) is 48.6 Å². The van der Waals surface area contributed by atoms with E-state index < -0.39 is 0 Å². The summed E-state index contributed by atoms with van der Waals surface area (Å²) in [6.07, 6.45) is 6.28. The molecule has 5 rings (SSSR count). The first-order chi connectivity index (χ1) is 16.0. The van der Waals surface area contributed by atoms with Crippen molar-refractivity contribution in [1.82, 2.24) is 29.6 Å². The van der Waals surface area contributed by atoms with E-state index in [9.17, 15) is 4.79 Å². The van der Waals surface area contributed by atoms with E-state index in [-0.39, 0.29) is 11.8 Å². The van der Waals surface area contributed by atoms with Crippen LogP contribution < -0.4 is 5.32 Å². The highest BCUT2D eigenvalue weighted by molar-refractivity contribution is 5.94. The van der Waals surface area contributed by atoms with Gasteiger partial charge >= 0.3 is 0 Å². The lowest BCUT2D eigenvalue weighted by molar-refractivity contribution is 0.0790. The first kappa shape index (κ1) is 20.8. The highest BCUT2D eigenvalue weighted by atomic mass is 16.2. The smallest absolute Gasteiger partial charge is 0.253 e. The van der Waals surface area contributed by atoms with Crippen LogP contribution in [0.15, 0.2) is 67.1 Å². The Labute approximate surface area is 192 Å². The molecule has 1 unspecified atom stereocenters. The van der Waals surface area contributed by atoms with Crippen LogP contribution in [0.5, 0.6) is 0 Å². The average Bonchev–Trinajstić information content (AvgIpc) is 3.49. The number of nitrogens with one attached hydrogen (secondary N) is 1. The van der Waals surface area contributed by atoms with Gasteiger partial charge in [0.25, 0.3) is 5.91 Å². The molecule has 1 N–H and O–H groups in total. The summed E-state index contributed by atoms with van der Waals surface area (Å²) >= 11 is 0. The number of carbonyl (C=O) groups is 1. The molecule has 1 atom stereocenters. The summed E-state index contributed by atoms with van der Waals surface area (Å²) < 4.78 is 1.73. The summed E-state index contributed by atoms with van der Waals surface area (Å²) in [5.74, 6) is 2.18. The summed E-state index contributed by atoms with van der Waals surface area (Å²) in [7, 11) is 1.87. The van der Waals surface area contributed by atoms with Gasteiger partial charge in [-0.2, -0.15) is 5.10 Å². The van der Waals surface area contributed by atoms with Gasteiger partial charge in [-0.05, 0) is 43.2 Å². The number of benzene rings is 1. The van der Waals surface area contributed by atoms with E-state index in [1.54, 1.807) is 17.1 Å². The number of hydrogen-bond donors (Lipinski definition) is 1. The van der Waals surface area contributed by atoms with Crippen LogP contribution in [0, 0.1) is 6.92 Å². The Bertz CT molecular complexity index is 1280. The number of likely N-dealkylation sites (tertiary alicyclic amines) is 1. The largest absolute Gasteiger partial charge is 0.338 e. The van der Waals surface area contributed by atoms with Crippen LogP contribution in [-0.2, 0) is 7.05 Å². The van der Waals surface area contributed by atoms with Crippen LogP contribution in [0.4, 0.5) is 11.6 Å². The van der Waals surface area contributed by atoms with Crippen LogP contribution in [0.25, 0.3) is 11.4 Å². The third kappa shape index (κ3) is 4.59. The molecule has 3 aromatic heterocycles. The van der Waals surface area contributed by atoms with Gasteiger partial charge in [0.05, 0.1) is 17.5 Å². The zero-order valence-corrected chi connectivity index (χ0v) is 18.6. The van der Waals surface area contributed by atoms with Gasteiger partial charge < -0.3 is 10.2 Å². The van der Waals surface area contributed by atoms with Crippen molar-refractivity contribution in [3.8, 4) is 11.4 Å². The number of aryl methyl sites for hydroxylation is 2. The average molecular weight is 440 g/mol. The summed E-state index contributed by atoms with van der Waals surface area (Å²) in [4.78, 5) is 28.8. The Morgan fingerprint density at radius 3 is 2.70 bits per heavy atom. The molecule has 0 radical (unpaired) electrons. The van der Waals surface area contributed by atoms with Crippen molar-refractivity contribution < 1.29 is 4.79 Å². The summed E-state index contributed by atoms with van der Waals surface area (Å²) in [6, 6.07) is 15.3. The van der Waals surface area contributed by atoms with Gasteiger partial charge in [-0.25, -0.2) is 15.0 Å². The van der Waals surface area contributed by atoms with Gasteiger partial charge in [0.15, 0.2) is 5.82 Å². The third-order valence-electron chi connectivity index (χ3n) is 5.80. The Balaban J connectivity index is 1.44. The van der Waals surface area contributed by atoms with Gasteiger partial charge in [0, 0.05) is 50.1 Å². The quantitative estimate of drug-likeness (QED) is 0.506. The molecule has 166 valence electrons. The van der Waals surface area contributed by atoms with E-state index in [4.69, 9.17) is 9.97 Å². The van der Waals surface area contributed by atoms with E-state index >= 15 is 0 Å². The molecule has 8 nitrogen and oxygen atoms in total. The minimum atomic E-state index is 0.0574. The highest BCUT2D eigenvalue weighted by Crippen LogP contribution is 2.30. The molecule has 0 saturated carbocycles. The zero-order valence-electron chi connectivity index (χ0n) is 18.6. The lowest BCUT2D eigenvalue weighted by Crippen LogP contribution is -2.28. The molecule has 1 fully saturated rings. The van der Waals surface area contributed by atoms with Gasteiger partial charge in [-0.15, -0.1) is 0 Å². The predicted molar refractivity (Wildman–Crippen MR) is 126 cm³/mol. The highest BCUT2D eigenvalue weighted by Gasteiger charge is 2.29. The number of carbonyl (C=O) groups excluding carboxylic acids is 1. The van der Waals surface area contributed by atoms with Crippen molar-refractivity contribution >= 4 is 17.5 Å². The van der Waals surface area contributed by atoms with Crippen LogP contribution in [0.1, 0.15) is 34.0 Å². The van der Waals surface area contributed by atoms with Crippen molar-refractivity contribution in [2.45, 2.75) is 19.3 Å². The van der Waals surface area contributed by atoms with Crippen LogP contribution in [0.2, 0.25) is 0 Å². The molecule has 1 aliphatic rings. The van der Waals surface area contributed by atoms with Crippen molar-refractivity contribution in [2.75, 3.05) is 18.4 Å². The molecule has 1 saturated heterocycles. The molecule has 0 aliphatic carbocycles. The van der Waals surface area contributed by atoms with E-state index in [1.165, 1.54) is 0 Å². The number of pyridine rings is 1. The molecular weight excluding hydrogens is 414 g/mol. The fourth-order valence-electron chi connectivity index (χ4n) is 4.09. The molecular formula is C25H25N7O. The molecule has 4 aromatic rings. The van der Waals surface area contributed by atoms with Gasteiger partial charge in [0.1, 0.15) is 11.6 Å². The third-order valence-corrected chi connectivity index (χ3v) is 5.80. The normalized spacial score (nSPS) is 15.6. The minimum absolute atomic E-state index is 0.0574. The van der Waals surface area contributed by atoms with Crippen molar-refractivity contribution in [3.05, 3.63) is 83.9 Å². The molecule has 0 bridgehead atoms. The van der Waals surface area contributed by atoms with Crippen molar-refractivity contribution in [2.24, 2.45) is 7.05 Å². The summed E-state index contributed by atoms with van der Waals surface area (Å²) in [5, 5.41) is 7.58. The van der Waals surface area contributed by atoms with E-state index in [0.29, 0.717) is 30.3 Å². The van der Waals surface area contributed by atoms with Gasteiger partial charge in [0.2, 0.25) is 0 Å². The lowest BCUT2D eigenvalue weighted by atomic mass is 10.0. The number of anilines is 2. The first-order valence-electron chi connectivity index (χ1n) is 11.0. The maximum atomic E-state index is 12.9. The second-order valence-electron chi connectivity index (χ2n) is 8.35. The van der Waals surface area contributed by atoms with Crippen molar-refractivity contribution in [3.63, 3.8) is 0 Å². The van der Waals surface area contributed by atoms with E-state index in [0.717, 1.165) is 29.1 Å². The molecule has 1 aromatic carbocycles. The molecule has 8 heteroatoms. The van der Waals surface area contributed by atoms with E-state index in [2.05, 4.69) is 15.4 Å². The Kier molecular flexibility index (Phi) is 5.56. The molecule has 0 spiro atoms. The Morgan fingerprint density at radius 2 is 1.94 bits per heavy atom. The van der Waals surface area contributed by atoms with Crippen LogP contribution in [0.3, 0.4) is 0 Å². The van der Waals surface area contributed by atoms with Gasteiger partial charge in [-0.3, -0.25) is 9.48 Å². The standard InChI is InChI=1S/C25H25N7O/c1-17-8-10-26-22(12-17)29-23-13-21(28-24(30-23)20-14-27-31(2)15-20)19-9-11-32(16-19)25(33)18-6-4-3-5-7-18/h3-8,10,12-15,19H,9,11,16H2,1-2H3,(H,26,28,29,30). The number of rotatable bonds is 5. The second kappa shape index (κ2) is 8.82.